The van der Waals surface area contributed by atoms with Crippen LogP contribution in [0.3, 0.4) is 0 Å². The molecule has 58 heavy (non-hydrogen) atoms. The first-order valence-corrected chi connectivity index (χ1v) is 22.6. The minimum atomic E-state index is 0.338. The molecule has 5 aromatic heterocycles. The molecule has 8 bridgehead atoms. The van der Waals surface area contributed by atoms with Gasteiger partial charge in [0.05, 0.1) is 22.8 Å². The molecular weight excluding hydrogens is 709 g/mol. The Morgan fingerprint density at radius 1 is 0.328 bits per heavy atom. The van der Waals surface area contributed by atoms with Gasteiger partial charge in [-0.3, -0.25) is 19.9 Å². The molecule has 17 rings (SSSR count). The summed E-state index contributed by atoms with van der Waals surface area (Å²) < 4.78 is 0. The maximum Gasteiger partial charge on any atom is 0.117 e. The zero-order valence-corrected chi connectivity index (χ0v) is 35.6. The molecule has 4 fully saturated rings. The Balaban J connectivity index is 1.02. The lowest BCUT2D eigenvalue weighted by atomic mass is 9.48. The van der Waals surface area contributed by atoms with Gasteiger partial charge in [-0.05, 0) is 167 Å². The minimum absolute atomic E-state index is 0.338. The van der Waals surface area contributed by atoms with Gasteiger partial charge in [0.1, 0.15) is 22.8 Å². The highest BCUT2D eigenvalue weighted by Gasteiger charge is 2.56. The smallest absolute Gasteiger partial charge is 0.117 e. The highest BCUT2D eigenvalue weighted by Crippen LogP contribution is 2.65. The van der Waals surface area contributed by atoms with Gasteiger partial charge in [-0.1, -0.05) is 79.7 Å². The first kappa shape index (κ1) is 34.5. The van der Waals surface area contributed by atoms with E-state index in [1.165, 1.54) is 70.7 Å². The van der Waals surface area contributed by atoms with Crippen molar-refractivity contribution < 1.29 is 0 Å². The summed E-state index contributed by atoms with van der Waals surface area (Å²) in [5, 5.41) is 0. The van der Waals surface area contributed by atoms with E-state index in [0.29, 0.717) is 69.0 Å². The van der Waals surface area contributed by atoms with E-state index in [4.69, 9.17) is 29.9 Å². The van der Waals surface area contributed by atoms with E-state index in [9.17, 15) is 0 Å². The highest BCUT2D eigenvalue weighted by atomic mass is 15.0. The predicted molar refractivity (Wildman–Crippen MR) is 228 cm³/mol. The van der Waals surface area contributed by atoms with E-state index in [1.807, 2.05) is 0 Å². The Hall–Kier alpha value is -4.32. The zero-order chi connectivity index (χ0) is 39.4. The van der Waals surface area contributed by atoms with Crippen molar-refractivity contribution in [3.8, 4) is 45.6 Å². The zero-order valence-electron chi connectivity index (χ0n) is 35.6. The molecule has 0 N–H and O–H groups in total. The van der Waals surface area contributed by atoms with Gasteiger partial charge in [-0.15, -0.1) is 0 Å². The van der Waals surface area contributed by atoms with Crippen LogP contribution in [0.15, 0.2) is 48.5 Å². The van der Waals surface area contributed by atoms with Crippen LogP contribution in [-0.2, 0) is 25.7 Å². The van der Waals surface area contributed by atoms with Gasteiger partial charge in [0.15, 0.2) is 0 Å². The van der Waals surface area contributed by atoms with Crippen LogP contribution in [0.1, 0.15) is 150 Å². The van der Waals surface area contributed by atoms with Crippen LogP contribution < -0.4 is 0 Å². The molecule has 0 spiro atoms. The van der Waals surface area contributed by atoms with Crippen LogP contribution in [0, 0.1) is 45.3 Å². The molecular formula is C52H56N6. The Morgan fingerprint density at radius 2 is 0.552 bits per heavy atom. The Morgan fingerprint density at radius 3 is 0.759 bits per heavy atom. The van der Waals surface area contributed by atoms with E-state index >= 15 is 0 Å². The lowest BCUT2D eigenvalue weighted by molar-refractivity contribution is 0.0169. The molecule has 0 radical (unpaired) electrons. The summed E-state index contributed by atoms with van der Waals surface area (Å²) in [6, 6.07) is 18.3. The van der Waals surface area contributed by atoms with Crippen LogP contribution in [0.25, 0.3) is 45.6 Å². The van der Waals surface area contributed by atoms with Crippen LogP contribution in [-0.4, -0.2) is 29.9 Å². The third-order valence-electron chi connectivity index (χ3n) is 19.0. The summed E-state index contributed by atoms with van der Waals surface area (Å²) in [6.45, 7) is 19.5. The molecule has 5 aromatic rings. The Labute approximate surface area is 343 Å². The van der Waals surface area contributed by atoms with Crippen molar-refractivity contribution in [2.24, 2.45) is 45.3 Å². The van der Waals surface area contributed by atoms with Crippen LogP contribution in [0.4, 0.5) is 0 Å². The molecule has 294 valence electrons. The summed E-state index contributed by atoms with van der Waals surface area (Å²) in [6.07, 6.45) is 9.21. The minimum Gasteiger partial charge on any atom is -0.251 e. The van der Waals surface area contributed by atoms with Crippen LogP contribution >= 0.6 is 0 Å². The second-order valence-corrected chi connectivity index (χ2v) is 22.6. The van der Waals surface area contributed by atoms with Gasteiger partial charge < -0.3 is 0 Å². The van der Waals surface area contributed by atoms with E-state index in [-0.39, 0.29) is 0 Å². The Bertz CT molecular complexity index is 2310. The fourth-order valence-corrected chi connectivity index (χ4v) is 14.1. The summed E-state index contributed by atoms with van der Waals surface area (Å²) in [5.74, 6) is 5.01. The van der Waals surface area contributed by atoms with Crippen LogP contribution in [0.2, 0.25) is 0 Å². The van der Waals surface area contributed by atoms with Gasteiger partial charge in [-0.25, -0.2) is 9.97 Å². The lowest BCUT2D eigenvalue weighted by Gasteiger charge is -2.56. The van der Waals surface area contributed by atoms with Crippen molar-refractivity contribution in [1.82, 2.24) is 29.9 Å². The molecule has 12 aliphatic rings. The van der Waals surface area contributed by atoms with Gasteiger partial charge in [-0.2, -0.15) is 0 Å². The second kappa shape index (κ2) is 10.9. The maximum atomic E-state index is 5.73. The molecule has 5 heterocycles. The van der Waals surface area contributed by atoms with Gasteiger partial charge in [0, 0.05) is 22.8 Å². The van der Waals surface area contributed by atoms with E-state index < -0.39 is 0 Å². The number of rotatable bonds is 4. The molecule has 0 unspecified atom stereocenters. The van der Waals surface area contributed by atoms with Gasteiger partial charge >= 0.3 is 0 Å². The molecule has 12 aliphatic carbocycles. The molecule has 0 aromatic carbocycles. The third kappa shape index (κ3) is 4.30. The molecule has 0 saturated heterocycles. The van der Waals surface area contributed by atoms with Crippen molar-refractivity contribution in [2.45, 2.75) is 130 Å². The average Bonchev–Trinajstić information content (AvgIpc) is 3.23. The Kier molecular flexibility index (Phi) is 6.48. The first-order chi connectivity index (χ1) is 27.7. The summed E-state index contributed by atoms with van der Waals surface area (Å²) in [7, 11) is 0. The SMILES string of the molecule is CC1(C)[C@@H]2Cc3nc(-c4nc(-c5ccc6c(n5)C[C@@H]5C[C@H]6C5(C)C)c(-c5ccc6c(n5)C[C@@H]5C[C@H]6C5(C)C)nc4-c4ccc5c(n4)C[C@@H]4C[C@H]5C4(C)C)ccc3[C@H]1C2. The van der Waals surface area contributed by atoms with Crippen LogP contribution in [0.5, 0.6) is 0 Å². The van der Waals surface area contributed by atoms with Crippen molar-refractivity contribution >= 4 is 0 Å². The van der Waals surface area contributed by atoms with E-state index in [1.54, 1.807) is 0 Å². The fraction of sp³-hybridized carbons (Fsp3) is 0.538. The third-order valence-corrected chi connectivity index (χ3v) is 19.0. The molecule has 8 atom stereocenters. The standard InChI is InChI=1S/C52H56N6/c1-49(2)25-17-33(49)29-9-13-37(53-41(29)21-25)45-46(38-14-10-30-34-18-26(50(34,3)4)22-42(30)54-38)58-48(40-16-12-32-36-20-28(52(36,7)8)24-44(32)56-40)47(57-45)39-15-11-31-35-19-27(51(35,5)6)23-43(31)55-39/h9-16,25-28,33-36H,17-24H2,1-8H3/t25-,26-,27-,28-,33+,34+,35+,36+/m0/s1. The first-order valence-electron chi connectivity index (χ1n) is 22.6. The number of pyridine rings is 4. The molecule has 6 heteroatoms. The van der Waals surface area contributed by atoms with E-state index in [2.05, 4.69) is 104 Å². The van der Waals surface area contributed by atoms with Gasteiger partial charge in [0.25, 0.3) is 0 Å². The summed E-state index contributed by atoms with van der Waals surface area (Å²) >= 11 is 0. The van der Waals surface area contributed by atoms with Gasteiger partial charge in [0.2, 0.25) is 0 Å². The highest BCUT2D eigenvalue weighted by molar-refractivity contribution is 5.83. The average molecular weight is 765 g/mol. The quantitative estimate of drug-likeness (QED) is 0.181. The number of aromatic nitrogens is 6. The number of hydrogen-bond acceptors (Lipinski definition) is 6. The predicted octanol–water partition coefficient (Wildman–Crippen LogP) is 11.5. The normalized spacial score (nSPS) is 32.1. The van der Waals surface area contributed by atoms with E-state index in [0.717, 1.165) is 71.2 Å². The number of hydrogen-bond donors (Lipinski definition) is 0. The molecule has 0 amide bonds. The van der Waals surface area contributed by atoms with Crippen molar-refractivity contribution in [1.29, 1.82) is 0 Å². The molecule has 0 aliphatic heterocycles. The van der Waals surface area contributed by atoms with Crippen molar-refractivity contribution in [3.05, 3.63) is 93.6 Å². The van der Waals surface area contributed by atoms with Crippen molar-refractivity contribution in [3.63, 3.8) is 0 Å². The molecule has 6 nitrogen and oxygen atoms in total. The second-order valence-electron chi connectivity index (χ2n) is 22.6. The largest absolute Gasteiger partial charge is 0.251 e. The summed E-state index contributed by atoms with van der Waals surface area (Å²) in [5.41, 5.74) is 18.8. The number of nitrogens with zero attached hydrogens (tertiary/aromatic N) is 6. The maximum absolute atomic E-state index is 5.73. The van der Waals surface area contributed by atoms with Crippen molar-refractivity contribution in [2.75, 3.05) is 0 Å². The monoisotopic (exact) mass is 764 g/mol. The lowest BCUT2D eigenvalue weighted by Crippen LogP contribution is -2.48. The molecule has 4 saturated carbocycles. The topological polar surface area (TPSA) is 77.3 Å². The summed E-state index contributed by atoms with van der Waals surface area (Å²) in [4.78, 5) is 33.5. The fourth-order valence-electron chi connectivity index (χ4n) is 14.1.